The van der Waals surface area contributed by atoms with Gasteiger partial charge in [-0.3, -0.25) is 0 Å². The van der Waals surface area contributed by atoms with Crippen molar-refractivity contribution in [2.75, 3.05) is 13.7 Å². The molecule has 0 amide bonds. The molecule has 0 aliphatic carbocycles. The molecule has 0 radical (unpaired) electrons. The zero-order valence-electron chi connectivity index (χ0n) is 10.5. The summed E-state index contributed by atoms with van der Waals surface area (Å²) in [6, 6.07) is 7.63. The van der Waals surface area contributed by atoms with E-state index < -0.39 is 0 Å². The summed E-state index contributed by atoms with van der Waals surface area (Å²) in [7, 11) is 1.63. The standard InChI is InChI=1S/C14H18O3/c1-4-11(10-14(15)17-5-2)12-6-8-13(16-3)9-7-12/h6-10H,4-5H2,1-3H3/b11-10+. The van der Waals surface area contributed by atoms with Crippen LogP contribution in [0, 0.1) is 0 Å². The number of hydrogen-bond acceptors (Lipinski definition) is 3. The maximum absolute atomic E-state index is 11.4. The fourth-order valence-electron chi connectivity index (χ4n) is 1.52. The number of carbonyl (C=O) groups excluding carboxylic acids is 1. The minimum atomic E-state index is -0.292. The van der Waals surface area contributed by atoms with Gasteiger partial charge >= 0.3 is 5.97 Å². The van der Waals surface area contributed by atoms with E-state index >= 15 is 0 Å². The van der Waals surface area contributed by atoms with Crippen molar-refractivity contribution in [3.05, 3.63) is 35.9 Å². The first-order chi connectivity index (χ1) is 8.21. The Hall–Kier alpha value is -1.77. The number of esters is 1. The molecule has 0 saturated heterocycles. The molecule has 17 heavy (non-hydrogen) atoms. The Balaban J connectivity index is 2.89. The third-order valence-electron chi connectivity index (χ3n) is 2.42. The van der Waals surface area contributed by atoms with Gasteiger partial charge in [-0.15, -0.1) is 0 Å². The van der Waals surface area contributed by atoms with Gasteiger partial charge in [0.2, 0.25) is 0 Å². The lowest BCUT2D eigenvalue weighted by molar-refractivity contribution is -0.137. The molecule has 3 heteroatoms. The van der Waals surface area contributed by atoms with Gasteiger partial charge in [0, 0.05) is 6.08 Å². The smallest absolute Gasteiger partial charge is 0.331 e. The SMILES string of the molecule is CCOC(=O)/C=C(\CC)c1ccc(OC)cc1. The van der Waals surface area contributed by atoms with E-state index in [4.69, 9.17) is 9.47 Å². The van der Waals surface area contributed by atoms with Crippen molar-refractivity contribution in [1.29, 1.82) is 0 Å². The Morgan fingerprint density at radius 1 is 1.24 bits per heavy atom. The van der Waals surface area contributed by atoms with Crippen molar-refractivity contribution >= 4 is 11.5 Å². The zero-order chi connectivity index (χ0) is 12.7. The lowest BCUT2D eigenvalue weighted by Gasteiger charge is -2.06. The number of ether oxygens (including phenoxy) is 2. The van der Waals surface area contributed by atoms with Gasteiger partial charge in [0.05, 0.1) is 13.7 Å². The lowest BCUT2D eigenvalue weighted by atomic mass is 10.0. The number of hydrogen-bond donors (Lipinski definition) is 0. The van der Waals surface area contributed by atoms with Crippen LogP contribution in [0.4, 0.5) is 0 Å². The molecule has 0 aliphatic heterocycles. The Morgan fingerprint density at radius 2 is 1.88 bits per heavy atom. The van der Waals surface area contributed by atoms with Crippen LogP contribution in [-0.4, -0.2) is 19.7 Å². The van der Waals surface area contributed by atoms with E-state index in [1.807, 2.05) is 31.2 Å². The van der Waals surface area contributed by atoms with E-state index in [2.05, 4.69) is 0 Å². The number of carbonyl (C=O) groups is 1. The van der Waals surface area contributed by atoms with Gasteiger partial charge in [0.15, 0.2) is 0 Å². The Bertz CT molecular complexity index is 390. The largest absolute Gasteiger partial charge is 0.497 e. The van der Waals surface area contributed by atoms with Crippen LogP contribution >= 0.6 is 0 Å². The summed E-state index contributed by atoms with van der Waals surface area (Å²) in [5, 5.41) is 0. The molecule has 92 valence electrons. The third-order valence-corrected chi connectivity index (χ3v) is 2.42. The number of methoxy groups -OCH3 is 1. The predicted octanol–water partition coefficient (Wildman–Crippen LogP) is 3.05. The molecule has 0 aromatic heterocycles. The minimum Gasteiger partial charge on any atom is -0.497 e. The summed E-state index contributed by atoms with van der Waals surface area (Å²) in [6.45, 7) is 4.20. The Kier molecular flexibility index (Phi) is 5.27. The van der Waals surface area contributed by atoms with Crippen LogP contribution in [0.1, 0.15) is 25.8 Å². The minimum absolute atomic E-state index is 0.292. The molecular weight excluding hydrogens is 216 g/mol. The fraction of sp³-hybridized carbons (Fsp3) is 0.357. The molecule has 0 aliphatic rings. The fourth-order valence-corrected chi connectivity index (χ4v) is 1.52. The van der Waals surface area contributed by atoms with Crippen molar-refractivity contribution in [3.8, 4) is 5.75 Å². The molecule has 0 unspecified atom stereocenters. The van der Waals surface area contributed by atoms with Crippen molar-refractivity contribution in [3.63, 3.8) is 0 Å². The molecule has 1 aromatic rings. The van der Waals surface area contributed by atoms with E-state index in [9.17, 15) is 4.79 Å². The summed E-state index contributed by atoms with van der Waals surface area (Å²) in [4.78, 5) is 11.4. The predicted molar refractivity (Wildman–Crippen MR) is 67.9 cm³/mol. The molecule has 0 fully saturated rings. The summed E-state index contributed by atoms with van der Waals surface area (Å²) in [5.41, 5.74) is 1.98. The summed E-state index contributed by atoms with van der Waals surface area (Å²) < 4.78 is 9.99. The highest BCUT2D eigenvalue weighted by atomic mass is 16.5. The number of benzene rings is 1. The van der Waals surface area contributed by atoms with E-state index in [0.717, 1.165) is 23.3 Å². The number of rotatable bonds is 5. The van der Waals surface area contributed by atoms with Crippen LogP contribution in [0.5, 0.6) is 5.75 Å². The van der Waals surface area contributed by atoms with E-state index in [-0.39, 0.29) is 5.97 Å². The first kappa shape index (κ1) is 13.3. The maximum atomic E-state index is 11.4. The van der Waals surface area contributed by atoms with Crippen LogP contribution in [0.25, 0.3) is 5.57 Å². The molecule has 0 bridgehead atoms. The van der Waals surface area contributed by atoms with Gasteiger partial charge in [0.25, 0.3) is 0 Å². The van der Waals surface area contributed by atoms with Crippen molar-refractivity contribution in [2.24, 2.45) is 0 Å². The zero-order valence-corrected chi connectivity index (χ0v) is 10.5. The first-order valence-electron chi connectivity index (χ1n) is 5.73. The van der Waals surface area contributed by atoms with Crippen molar-refractivity contribution < 1.29 is 14.3 Å². The highest BCUT2D eigenvalue weighted by Crippen LogP contribution is 2.21. The normalized spacial score (nSPS) is 11.1. The molecule has 0 heterocycles. The molecule has 0 N–H and O–H groups in total. The Morgan fingerprint density at radius 3 is 2.35 bits per heavy atom. The molecule has 0 spiro atoms. The van der Waals surface area contributed by atoms with Crippen molar-refractivity contribution in [1.82, 2.24) is 0 Å². The quantitative estimate of drug-likeness (QED) is 0.580. The molecule has 0 saturated carbocycles. The monoisotopic (exact) mass is 234 g/mol. The van der Waals surface area contributed by atoms with E-state index in [0.29, 0.717) is 6.61 Å². The summed E-state index contributed by atoms with van der Waals surface area (Å²) in [6.07, 6.45) is 2.33. The second-order valence-corrected chi connectivity index (χ2v) is 3.50. The highest BCUT2D eigenvalue weighted by molar-refractivity contribution is 5.91. The highest BCUT2D eigenvalue weighted by Gasteiger charge is 2.04. The molecule has 3 nitrogen and oxygen atoms in total. The third kappa shape index (κ3) is 3.94. The van der Waals surface area contributed by atoms with Crippen molar-refractivity contribution in [2.45, 2.75) is 20.3 Å². The van der Waals surface area contributed by atoms with Gasteiger partial charge in [-0.25, -0.2) is 4.79 Å². The first-order valence-corrected chi connectivity index (χ1v) is 5.73. The van der Waals surface area contributed by atoms with Crippen LogP contribution in [0.2, 0.25) is 0 Å². The van der Waals surface area contributed by atoms with Crippen LogP contribution in [0.3, 0.4) is 0 Å². The molecular formula is C14H18O3. The van der Waals surface area contributed by atoms with Crippen LogP contribution < -0.4 is 4.74 Å². The van der Waals surface area contributed by atoms with Crippen LogP contribution in [0.15, 0.2) is 30.3 Å². The average Bonchev–Trinajstić information content (AvgIpc) is 2.36. The van der Waals surface area contributed by atoms with E-state index in [1.165, 1.54) is 0 Å². The van der Waals surface area contributed by atoms with Crippen LogP contribution in [-0.2, 0) is 9.53 Å². The Labute approximate surface area is 102 Å². The maximum Gasteiger partial charge on any atom is 0.331 e. The summed E-state index contributed by atoms with van der Waals surface area (Å²) in [5.74, 6) is 0.514. The second-order valence-electron chi connectivity index (χ2n) is 3.50. The topological polar surface area (TPSA) is 35.5 Å². The molecule has 1 rings (SSSR count). The van der Waals surface area contributed by atoms with Gasteiger partial charge < -0.3 is 9.47 Å². The van der Waals surface area contributed by atoms with Gasteiger partial charge in [-0.05, 0) is 36.6 Å². The lowest BCUT2D eigenvalue weighted by Crippen LogP contribution is -2.00. The van der Waals surface area contributed by atoms with Gasteiger partial charge in [-0.2, -0.15) is 0 Å². The molecule has 1 aromatic carbocycles. The summed E-state index contributed by atoms with van der Waals surface area (Å²) >= 11 is 0. The van der Waals surface area contributed by atoms with Gasteiger partial charge in [0.1, 0.15) is 5.75 Å². The number of allylic oxidation sites excluding steroid dienone is 1. The molecule has 0 atom stereocenters. The van der Waals surface area contributed by atoms with E-state index in [1.54, 1.807) is 20.1 Å². The average molecular weight is 234 g/mol. The second kappa shape index (κ2) is 6.74. The van der Waals surface area contributed by atoms with Gasteiger partial charge in [-0.1, -0.05) is 19.1 Å².